The standard InChI is InChI=1S/C9H18.C4H11N/c1-8-6-4-5-7-9(8,2)3;1-4(2)5-3/h8H,4-7H2,1-3H3;4-5H,1-3H3. The Hall–Kier alpha value is -0.0400. The molecule has 1 unspecified atom stereocenters. The van der Waals surface area contributed by atoms with Crippen LogP contribution >= 0.6 is 0 Å². The maximum Gasteiger partial charge on any atom is 0.000733 e. The molecule has 1 rings (SSSR count). The Bertz CT molecular complexity index is 138. The molecule has 1 N–H and O–H groups in total. The minimum Gasteiger partial charge on any atom is -0.318 e. The van der Waals surface area contributed by atoms with E-state index in [1.54, 1.807) is 0 Å². The predicted molar refractivity (Wildman–Crippen MR) is 65.6 cm³/mol. The number of nitrogens with one attached hydrogen (secondary N) is 1. The van der Waals surface area contributed by atoms with Gasteiger partial charge >= 0.3 is 0 Å². The first-order valence-electron chi connectivity index (χ1n) is 6.07. The van der Waals surface area contributed by atoms with Crippen molar-refractivity contribution >= 4 is 0 Å². The van der Waals surface area contributed by atoms with Gasteiger partial charge in [-0.2, -0.15) is 0 Å². The Morgan fingerprint density at radius 1 is 1.21 bits per heavy atom. The summed E-state index contributed by atoms with van der Waals surface area (Å²) in [5.74, 6) is 0.950. The van der Waals surface area contributed by atoms with Gasteiger partial charge in [0.05, 0.1) is 0 Å². The van der Waals surface area contributed by atoms with Crippen molar-refractivity contribution in [1.82, 2.24) is 5.32 Å². The van der Waals surface area contributed by atoms with Crippen molar-refractivity contribution in [3.63, 3.8) is 0 Å². The SMILES string of the molecule is CC1CCCCC1(C)C.CNC(C)C. The molecule has 0 aromatic carbocycles. The van der Waals surface area contributed by atoms with Crippen molar-refractivity contribution in [3.05, 3.63) is 0 Å². The first-order chi connectivity index (χ1) is 6.40. The van der Waals surface area contributed by atoms with Crippen LogP contribution in [0.5, 0.6) is 0 Å². The van der Waals surface area contributed by atoms with E-state index in [4.69, 9.17) is 0 Å². The van der Waals surface area contributed by atoms with E-state index >= 15 is 0 Å². The van der Waals surface area contributed by atoms with Crippen LogP contribution in [-0.2, 0) is 0 Å². The molecule has 0 spiro atoms. The van der Waals surface area contributed by atoms with Gasteiger partial charge in [-0.3, -0.25) is 0 Å². The Balaban J connectivity index is 0.000000292. The molecular formula is C13H29N. The van der Waals surface area contributed by atoms with Crippen LogP contribution in [0, 0.1) is 11.3 Å². The molecule has 1 heteroatoms. The lowest BCUT2D eigenvalue weighted by atomic mass is 9.70. The third-order valence-corrected chi connectivity index (χ3v) is 3.62. The number of hydrogen-bond donors (Lipinski definition) is 1. The highest BCUT2D eigenvalue weighted by molar-refractivity contribution is 4.79. The predicted octanol–water partition coefficient (Wildman–Crippen LogP) is 3.84. The van der Waals surface area contributed by atoms with E-state index in [9.17, 15) is 0 Å². The fourth-order valence-electron chi connectivity index (χ4n) is 1.67. The van der Waals surface area contributed by atoms with Crippen LogP contribution in [0.15, 0.2) is 0 Å². The Morgan fingerprint density at radius 2 is 1.71 bits per heavy atom. The summed E-state index contributed by atoms with van der Waals surface area (Å²) < 4.78 is 0. The first kappa shape index (κ1) is 14.0. The molecule has 0 aliphatic heterocycles. The van der Waals surface area contributed by atoms with Crippen molar-refractivity contribution in [2.24, 2.45) is 11.3 Å². The second-order valence-electron chi connectivity index (χ2n) is 5.58. The fourth-order valence-corrected chi connectivity index (χ4v) is 1.67. The van der Waals surface area contributed by atoms with E-state index < -0.39 is 0 Å². The first-order valence-corrected chi connectivity index (χ1v) is 6.07. The summed E-state index contributed by atoms with van der Waals surface area (Å²) in [6, 6.07) is 0.634. The molecule has 1 nitrogen and oxygen atoms in total. The van der Waals surface area contributed by atoms with Crippen molar-refractivity contribution < 1.29 is 0 Å². The van der Waals surface area contributed by atoms with Gasteiger partial charge in [-0.05, 0) is 24.8 Å². The molecule has 86 valence electrons. The zero-order valence-electron chi connectivity index (χ0n) is 11.0. The van der Waals surface area contributed by atoms with E-state index in [-0.39, 0.29) is 0 Å². The lowest BCUT2D eigenvalue weighted by Gasteiger charge is -2.36. The Labute approximate surface area is 90.7 Å². The van der Waals surface area contributed by atoms with Gasteiger partial charge in [0.15, 0.2) is 0 Å². The maximum atomic E-state index is 3.03. The summed E-state index contributed by atoms with van der Waals surface area (Å²) in [6.45, 7) is 11.4. The molecule has 0 heterocycles. The Kier molecular flexibility index (Phi) is 6.43. The second kappa shape index (κ2) is 6.44. The van der Waals surface area contributed by atoms with Gasteiger partial charge in [0.2, 0.25) is 0 Å². The lowest BCUT2D eigenvalue weighted by Crippen LogP contribution is -2.24. The third kappa shape index (κ3) is 5.64. The summed E-state index contributed by atoms with van der Waals surface area (Å²) in [6.07, 6.45) is 5.81. The van der Waals surface area contributed by atoms with Gasteiger partial charge in [0.1, 0.15) is 0 Å². The van der Waals surface area contributed by atoms with Crippen molar-refractivity contribution in [2.75, 3.05) is 7.05 Å². The molecule has 0 saturated heterocycles. The summed E-state index contributed by atoms with van der Waals surface area (Å²) in [4.78, 5) is 0. The molecule has 1 saturated carbocycles. The molecular weight excluding hydrogens is 170 g/mol. The molecule has 0 aromatic rings. The Morgan fingerprint density at radius 3 is 1.93 bits per heavy atom. The van der Waals surface area contributed by atoms with Crippen molar-refractivity contribution in [3.8, 4) is 0 Å². The normalized spacial score (nSPS) is 25.5. The van der Waals surface area contributed by atoms with E-state index in [2.05, 4.69) is 39.9 Å². The van der Waals surface area contributed by atoms with Crippen LogP contribution in [0.2, 0.25) is 0 Å². The monoisotopic (exact) mass is 199 g/mol. The van der Waals surface area contributed by atoms with Gasteiger partial charge in [0, 0.05) is 6.04 Å². The molecule has 0 bridgehead atoms. The highest BCUT2D eigenvalue weighted by Gasteiger charge is 2.27. The van der Waals surface area contributed by atoms with Crippen LogP contribution < -0.4 is 5.32 Å². The molecule has 14 heavy (non-hydrogen) atoms. The summed E-state index contributed by atoms with van der Waals surface area (Å²) in [5, 5.41) is 3.03. The quantitative estimate of drug-likeness (QED) is 0.676. The summed E-state index contributed by atoms with van der Waals surface area (Å²) in [7, 11) is 1.95. The van der Waals surface area contributed by atoms with Crippen LogP contribution in [0.1, 0.15) is 60.3 Å². The summed E-state index contributed by atoms with van der Waals surface area (Å²) >= 11 is 0. The highest BCUT2D eigenvalue weighted by atomic mass is 14.8. The van der Waals surface area contributed by atoms with E-state index in [1.807, 2.05) is 7.05 Å². The number of rotatable bonds is 1. The number of hydrogen-bond acceptors (Lipinski definition) is 1. The molecule has 0 aromatic heterocycles. The molecule has 1 atom stereocenters. The van der Waals surface area contributed by atoms with Crippen LogP contribution in [0.4, 0.5) is 0 Å². The second-order valence-corrected chi connectivity index (χ2v) is 5.58. The summed E-state index contributed by atoms with van der Waals surface area (Å²) in [5.41, 5.74) is 0.637. The maximum absolute atomic E-state index is 3.03. The smallest absolute Gasteiger partial charge is 0.000733 e. The van der Waals surface area contributed by atoms with Crippen LogP contribution in [0.3, 0.4) is 0 Å². The molecule has 1 aliphatic carbocycles. The van der Waals surface area contributed by atoms with Crippen molar-refractivity contribution in [1.29, 1.82) is 0 Å². The molecule has 1 fully saturated rings. The minimum atomic E-state index is 0.634. The van der Waals surface area contributed by atoms with Gasteiger partial charge in [0.25, 0.3) is 0 Å². The highest BCUT2D eigenvalue weighted by Crippen LogP contribution is 2.39. The fraction of sp³-hybridized carbons (Fsp3) is 1.00. The zero-order chi connectivity index (χ0) is 11.2. The van der Waals surface area contributed by atoms with Crippen LogP contribution in [-0.4, -0.2) is 13.1 Å². The van der Waals surface area contributed by atoms with E-state index in [0.29, 0.717) is 11.5 Å². The molecule has 0 radical (unpaired) electrons. The molecule has 1 aliphatic rings. The largest absolute Gasteiger partial charge is 0.318 e. The van der Waals surface area contributed by atoms with Gasteiger partial charge in [-0.1, -0.05) is 53.9 Å². The van der Waals surface area contributed by atoms with Gasteiger partial charge in [-0.25, -0.2) is 0 Å². The van der Waals surface area contributed by atoms with Crippen molar-refractivity contribution in [2.45, 2.75) is 66.3 Å². The van der Waals surface area contributed by atoms with E-state index in [0.717, 1.165) is 5.92 Å². The average Bonchev–Trinajstić information content (AvgIpc) is 2.11. The zero-order valence-corrected chi connectivity index (χ0v) is 11.0. The average molecular weight is 199 g/mol. The van der Waals surface area contributed by atoms with Crippen LogP contribution in [0.25, 0.3) is 0 Å². The topological polar surface area (TPSA) is 12.0 Å². The minimum absolute atomic E-state index is 0.634. The molecule has 0 amide bonds. The van der Waals surface area contributed by atoms with E-state index in [1.165, 1.54) is 25.7 Å². The lowest BCUT2D eigenvalue weighted by molar-refractivity contribution is 0.154. The van der Waals surface area contributed by atoms with Gasteiger partial charge in [-0.15, -0.1) is 0 Å². The third-order valence-electron chi connectivity index (χ3n) is 3.62. The van der Waals surface area contributed by atoms with Gasteiger partial charge < -0.3 is 5.32 Å².